The normalized spacial score (nSPS) is 11.2. The molecule has 0 unspecified atom stereocenters. The van der Waals surface area contributed by atoms with E-state index in [2.05, 4.69) is 31.1 Å². The van der Waals surface area contributed by atoms with Gasteiger partial charge in [-0.05, 0) is 46.6 Å². The van der Waals surface area contributed by atoms with Gasteiger partial charge in [-0.3, -0.25) is 4.72 Å². The second-order valence-corrected chi connectivity index (χ2v) is 7.18. The van der Waals surface area contributed by atoms with E-state index in [4.69, 9.17) is 17.4 Å². The van der Waals surface area contributed by atoms with E-state index in [9.17, 15) is 8.42 Å². The molecule has 0 aliphatic heterocycles. The van der Waals surface area contributed by atoms with E-state index in [1.807, 2.05) is 13.0 Å². The quantitative estimate of drug-likeness (QED) is 0.550. The van der Waals surface area contributed by atoms with Crippen LogP contribution in [0.1, 0.15) is 5.56 Å². The zero-order valence-electron chi connectivity index (χ0n) is 10.9. The van der Waals surface area contributed by atoms with Gasteiger partial charge in [-0.25, -0.2) is 19.2 Å². The molecule has 1 aromatic carbocycles. The van der Waals surface area contributed by atoms with E-state index in [0.717, 1.165) is 5.56 Å². The van der Waals surface area contributed by atoms with Crippen molar-refractivity contribution in [3.63, 3.8) is 0 Å². The molecule has 0 saturated heterocycles. The van der Waals surface area contributed by atoms with Crippen molar-refractivity contribution in [1.29, 1.82) is 0 Å². The first-order valence-electron chi connectivity index (χ1n) is 5.74. The van der Waals surface area contributed by atoms with E-state index < -0.39 is 10.0 Å². The molecule has 2 aromatic rings. The molecule has 1 heterocycles. The van der Waals surface area contributed by atoms with E-state index in [1.54, 1.807) is 12.1 Å². The van der Waals surface area contributed by atoms with Gasteiger partial charge >= 0.3 is 0 Å². The number of rotatable bonds is 4. The van der Waals surface area contributed by atoms with Crippen molar-refractivity contribution < 1.29 is 8.42 Å². The van der Waals surface area contributed by atoms with Crippen LogP contribution in [0.3, 0.4) is 0 Å². The zero-order chi connectivity index (χ0) is 15.6. The summed E-state index contributed by atoms with van der Waals surface area (Å²) in [6.07, 6.45) is 1.17. The fourth-order valence-corrected chi connectivity index (χ4v) is 3.40. The Balaban J connectivity index is 2.38. The number of aromatic nitrogens is 1. The molecule has 0 radical (unpaired) electrons. The highest BCUT2D eigenvalue weighted by Crippen LogP contribution is 2.27. The van der Waals surface area contributed by atoms with Crippen LogP contribution in [-0.4, -0.2) is 13.4 Å². The second-order valence-electron chi connectivity index (χ2n) is 4.23. The highest BCUT2D eigenvalue weighted by atomic mass is 79.9. The average Bonchev–Trinajstić information content (AvgIpc) is 2.42. The van der Waals surface area contributed by atoms with Crippen LogP contribution in [-0.2, 0) is 10.0 Å². The number of hydrogen-bond acceptors (Lipinski definition) is 5. The van der Waals surface area contributed by atoms with Gasteiger partial charge in [0.25, 0.3) is 10.0 Å². The number of nitrogens with one attached hydrogen (secondary N) is 2. The van der Waals surface area contributed by atoms with E-state index in [0.29, 0.717) is 10.2 Å². The molecule has 4 N–H and O–H groups in total. The van der Waals surface area contributed by atoms with Gasteiger partial charge in [0, 0.05) is 10.7 Å². The smallest absolute Gasteiger partial charge is 0.263 e. The van der Waals surface area contributed by atoms with Gasteiger partial charge in [-0.2, -0.15) is 0 Å². The number of aryl methyl sites for hydroxylation is 1. The summed E-state index contributed by atoms with van der Waals surface area (Å²) < 4.78 is 27.8. The predicted molar refractivity (Wildman–Crippen MR) is 86.7 cm³/mol. The van der Waals surface area contributed by atoms with Crippen molar-refractivity contribution >= 4 is 49.1 Å². The molecular weight excluding hydrogens is 380 g/mol. The summed E-state index contributed by atoms with van der Waals surface area (Å²) in [4.78, 5) is 3.79. The second kappa shape index (κ2) is 6.18. The molecule has 0 amide bonds. The number of nitrogens with zero attached hydrogens (tertiary/aromatic N) is 1. The van der Waals surface area contributed by atoms with Crippen LogP contribution in [0.15, 0.2) is 39.8 Å². The lowest BCUT2D eigenvalue weighted by atomic mass is 10.2. The number of nitrogens with two attached hydrogens (primary N) is 1. The summed E-state index contributed by atoms with van der Waals surface area (Å²) in [5, 5.41) is 0.115. The molecule has 112 valence electrons. The number of hydrogen-bond donors (Lipinski definition) is 3. The molecule has 0 atom stereocenters. The minimum absolute atomic E-state index is 0.0556. The average molecular weight is 392 g/mol. The number of hydrazine groups is 1. The van der Waals surface area contributed by atoms with Crippen molar-refractivity contribution in [3.8, 4) is 0 Å². The summed E-state index contributed by atoms with van der Waals surface area (Å²) in [5.74, 6) is 5.40. The van der Waals surface area contributed by atoms with Gasteiger partial charge in [0.15, 0.2) is 5.82 Å². The maximum atomic E-state index is 12.3. The predicted octanol–water partition coefficient (Wildman–Crippen LogP) is 2.89. The number of halogens is 2. The number of sulfonamides is 1. The van der Waals surface area contributed by atoms with Gasteiger partial charge in [-0.1, -0.05) is 17.7 Å². The largest absolute Gasteiger partial charge is 0.307 e. The van der Waals surface area contributed by atoms with Crippen LogP contribution in [0.4, 0.5) is 11.5 Å². The molecule has 0 bridgehead atoms. The molecule has 6 nitrogen and oxygen atoms in total. The van der Waals surface area contributed by atoms with E-state index >= 15 is 0 Å². The van der Waals surface area contributed by atoms with Crippen LogP contribution in [0.25, 0.3) is 0 Å². The first kappa shape index (κ1) is 16.0. The lowest BCUT2D eigenvalue weighted by Crippen LogP contribution is -2.15. The maximum Gasteiger partial charge on any atom is 0.263 e. The van der Waals surface area contributed by atoms with E-state index in [-0.39, 0.29) is 15.7 Å². The maximum absolute atomic E-state index is 12.3. The summed E-state index contributed by atoms with van der Waals surface area (Å²) in [7, 11) is -3.80. The molecule has 0 fully saturated rings. The lowest BCUT2D eigenvalue weighted by molar-refractivity contribution is 0.601. The van der Waals surface area contributed by atoms with E-state index in [1.165, 1.54) is 12.3 Å². The summed E-state index contributed by atoms with van der Waals surface area (Å²) in [5.41, 5.74) is 3.64. The number of benzene rings is 1. The monoisotopic (exact) mass is 390 g/mol. The van der Waals surface area contributed by atoms with Crippen molar-refractivity contribution in [2.45, 2.75) is 11.8 Å². The molecule has 0 aliphatic rings. The fourth-order valence-electron chi connectivity index (χ4n) is 1.59. The number of nitrogen functional groups attached to an aromatic ring is 1. The Kier molecular flexibility index (Phi) is 4.72. The fraction of sp³-hybridized carbons (Fsp3) is 0.0833. The topological polar surface area (TPSA) is 97.1 Å². The molecular formula is C12H12BrClN4O2S. The van der Waals surface area contributed by atoms with Crippen LogP contribution in [0, 0.1) is 6.92 Å². The molecule has 0 spiro atoms. The minimum atomic E-state index is -3.80. The third kappa shape index (κ3) is 3.65. The molecule has 2 rings (SSSR count). The summed E-state index contributed by atoms with van der Waals surface area (Å²) in [6, 6.07) is 6.62. The van der Waals surface area contributed by atoms with Crippen molar-refractivity contribution in [3.05, 3.63) is 45.5 Å². The Labute approximate surface area is 135 Å². The third-order valence-electron chi connectivity index (χ3n) is 2.63. The summed E-state index contributed by atoms with van der Waals surface area (Å²) in [6.45, 7) is 1.87. The molecule has 21 heavy (non-hydrogen) atoms. The van der Waals surface area contributed by atoms with Gasteiger partial charge in [0.1, 0.15) is 4.90 Å². The SMILES string of the molecule is Cc1ccc(Br)c(NS(=O)(=O)c2cnc(NN)c(Cl)c2)c1. The first-order valence-corrected chi connectivity index (χ1v) is 8.40. The molecule has 0 aliphatic carbocycles. The Morgan fingerprint density at radius 2 is 2.05 bits per heavy atom. The Bertz CT molecular complexity index is 783. The van der Waals surface area contributed by atoms with Crippen molar-refractivity contribution in [2.24, 2.45) is 5.84 Å². The summed E-state index contributed by atoms with van der Waals surface area (Å²) >= 11 is 9.19. The first-order chi connectivity index (χ1) is 9.83. The highest BCUT2D eigenvalue weighted by Gasteiger charge is 2.18. The van der Waals surface area contributed by atoms with Crippen LogP contribution >= 0.6 is 27.5 Å². The third-order valence-corrected chi connectivity index (χ3v) is 4.94. The van der Waals surface area contributed by atoms with Gasteiger partial charge in [-0.15, -0.1) is 0 Å². The standard InChI is InChI=1S/C12H12BrClN4O2S/c1-7-2-3-9(13)11(4-7)18-21(19,20)8-5-10(14)12(17-15)16-6-8/h2-6,18H,15H2,1H3,(H,16,17). The molecule has 9 heteroatoms. The van der Waals surface area contributed by atoms with Gasteiger partial charge in [0.05, 0.1) is 10.7 Å². The van der Waals surface area contributed by atoms with Crippen LogP contribution in [0.2, 0.25) is 5.02 Å². The van der Waals surface area contributed by atoms with Crippen LogP contribution in [0.5, 0.6) is 0 Å². The van der Waals surface area contributed by atoms with Crippen molar-refractivity contribution in [2.75, 3.05) is 10.1 Å². The van der Waals surface area contributed by atoms with Crippen LogP contribution < -0.4 is 16.0 Å². The highest BCUT2D eigenvalue weighted by molar-refractivity contribution is 9.10. The zero-order valence-corrected chi connectivity index (χ0v) is 14.1. The Morgan fingerprint density at radius 1 is 1.33 bits per heavy atom. The Hall–Kier alpha value is -1.35. The van der Waals surface area contributed by atoms with Crippen molar-refractivity contribution in [1.82, 2.24) is 4.98 Å². The Morgan fingerprint density at radius 3 is 2.67 bits per heavy atom. The lowest BCUT2D eigenvalue weighted by Gasteiger charge is -2.11. The number of anilines is 2. The molecule has 1 aromatic heterocycles. The van der Waals surface area contributed by atoms with Gasteiger partial charge < -0.3 is 5.43 Å². The minimum Gasteiger partial charge on any atom is -0.307 e. The number of pyridine rings is 1. The molecule has 0 saturated carbocycles. The van der Waals surface area contributed by atoms with Gasteiger partial charge in [0.2, 0.25) is 0 Å².